The van der Waals surface area contributed by atoms with Crippen LogP contribution in [0.15, 0.2) is 58.1 Å². The second-order valence-electron chi connectivity index (χ2n) is 3.97. The van der Waals surface area contributed by atoms with Crippen LogP contribution in [0.2, 0.25) is 5.02 Å². The molecule has 0 aliphatic carbocycles. The third-order valence-electron chi connectivity index (χ3n) is 2.54. The maximum Gasteiger partial charge on any atom is 0.237 e. The summed E-state index contributed by atoms with van der Waals surface area (Å²) in [5, 5.41) is 4.66. The Morgan fingerprint density at radius 2 is 1.95 bits per heavy atom. The molecule has 100 valence electrons. The van der Waals surface area contributed by atoms with Crippen LogP contribution < -0.4 is 0 Å². The number of pyridine rings is 1. The molecule has 0 saturated heterocycles. The van der Waals surface area contributed by atoms with E-state index in [4.69, 9.17) is 16.1 Å². The van der Waals surface area contributed by atoms with Gasteiger partial charge in [-0.1, -0.05) is 22.8 Å². The number of rotatable bonds is 4. The van der Waals surface area contributed by atoms with E-state index in [9.17, 15) is 0 Å². The minimum absolute atomic E-state index is 0.511. The predicted molar refractivity (Wildman–Crippen MR) is 78.5 cm³/mol. The van der Waals surface area contributed by atoms with Crippen molar-refractivity contribution in [3.05, 3.63) is 59.6 Å². The van der Waals surface area contributed by atoms with E-state index in [0.717, 1.165) is 9.92 Å². The molecule has 2 aromatic heterocycles. The highest BCUT2D eigenvalue weighted by atomic mass is 35.5. The molecule has 0 amide bonds. The summed E-state index contributed by atoms with van der Waals surface area (Å²) >= 11 is 7.46. The molecule has 20 heavy (non-hydrogen) atoms. The smallest absolute Gasteiger partial charge is 0.237 e. The van der Waals surface area contributed by atoms with Crippen LogP contribution in [-0.2, 0) is 5.75 Å². The Bertz CT molecular complexity index is 685. The second-order valence-corrected chi connectivity index (χ2v) is 5.45. The van der Waals surface area contributed by atoms with Gasteiger partial charge in [0.1, 0.15) is 5.69 Å². The van der Waals surface area contributed by atoms with Crippen molar-refractivity contribution in [3.63, 3.8) is 0 Å². The van der Waals surface area contributed by atoms with Gasteiger partial charge < -0.3 is 4.52 Å². The lowest BCUT2D eigenvalue weighted by Crippen LogP contribution is -1.85. The van der Waals surface area contributed by atoms with Gasteiger partial charge in [0.15, 0.2) is 0 Å². The van der Waals surface area contributed by atoms with E-state index >= 15 is 0 Å². The summed E-state index contributed by atoms with van der Waals surface area (Å²) < 4.78 is 5.22. The molecule has 0 unspecified atom stereocenters. The van der Waals surface area contributed by atoms with Gasteiger partial charge in [0.2, 0.25) is 11.7 Å². The van der Waals surface area contributed by atoms with Crippen LogP contribution in [0.1, 0.15) is 5.89 Å². The van der Waals surface area contributed by atoms with Crippen LogP contribution in [0.4, 0.5) is 0 Å². The molecule has 0 atom stereocenters. The van der Waals surface area contributed by atoms with Crippen LogP contribution in [0.3, 0.4) is 0 Å². The van der Waals surface area contributed by atoms with Crippen LogP contribution in [-0.4, -0.2) is 15.1 Å². The average Bonchev–Trinajstić information content (AvgIpc) is 2.97. The van der Waals surface area contributed by atoms with E-state index in [1.165, 1.54) is 0 Å². The Kier molecular flexibility index (Phi) is 3.99. The molecule has 0 saturated carbocycles. The van der Waals surface area contributed by atoms with Gasteiger partial charge >= 0.3 is 0 Å². The first-order valence-electron chi connectivity index (χ1n) is 5.93. The lowest BCUT2D eigenvalue weighted by atomic mass is 10.3. The molecule has 0 aliphatic heterocycles. The van der Waals surface area contributed by atoms with E-state index in [-0.39, 0.29) is 0 Å². The van der Waals surface area contributed by atoms with Crippen molar-refractivity contribution in [2.45, 2.75) is 10.6 Å². The first-order chi connectivity index (χ1) is 9.81. The van der Waals surface area contributed by atoms with Crippen LogP contribution >= 0.6 is 23.4 Å². The van der Waals surface area contributed by atoms with Crippen LogP contribution in [0, 0.1) is 0 Å². The van der Waals surface area contributed by atoms with Crippen LogP contribution in [0.5, 0.6) is 0 Å². The molecule has 0 aliphatic rings. The maximum absolute atomic E-state index is 5.84. The molecule has 0 fully saturated rings. The third-order valence-corrected chi connectivity index (χ3v) is 3.79. The largest absolute Gasteiger partial charge is 0.338 e. The lowest BCUT2D eigenvalue weighted by Gasteiger charge is -1.97. The zero-order valence-corrected chi connectivity index (χ0v) is 11.9. The molecule has 4 nitrogen and oxygen atoms in total. The van der Waals surface area contributed by atoms with E-state index in [0.29, 0.717) is 23.2 Å². The molecule has 0 bridgehead atoms. The number of thioether (sulfide) groups is 1. The fourth-order valence-corrected chi connectivity index (χ4v) is 2.45. The maximum atomic E-state index is 5.84. The predicted octanol–water partition coefficient (Wildman–Crippen LogP) is 4.08. The number of hydrogen-bond acceptors (Lipinski definition) is 5. The normalized spacial score (nSPS) is 10.7. The SMILES string of the molecule is Clc1ccc(SCc2nc(-c3ccccn3)no2)cc1. The molecule has 6 heteroatoms. The van der Waals surface area contributed by atoms with Crippen molar-refractivity contribution < 1.29 is 4.52 Å². The molecule has 0 N–H and O–H groups in total. The summed E-state index contributed by atoms with van der Waals surface area (Å²) in [7, 11) is 0. The van der Waals surface area contributed by atoms with Crippen LogP contribution in [0.25, 0.3) is 11.5 Å². The van der Waals surface area contributed by atoms with Crippen molar-refractivity contribution in [2.24, 2.45) is 0 Å². The first-order valence-corrected chi connectivity index (χ1v) is 7.30. The molecular formula is C14H10ClN3OS. The number of benzene rings is 1. The Balaban J connectivity index is 1.67. The summed E-state index contributed by atoms with van der Waals surface area (Å²) in [6, 6.07) is 13.2. The standard InChI is InChI=1S/C14H10ClN3OS/c15-10-4-6-11(7-5-10)20-9-13-17-14(18-19-13)12-3-1-2-8-16-12/h1-8H,9H2. The van der Waals surface area contributed by atoms with E-state index in [2.05, 4.69) is 15.1 Å². The number of halogens is 1. The van der Waals surface area contributed by atoms with Gasteiger partial charge in [0, 0.05) is 16.1 Å². The molecule has 0 radical (unpaired) electrons. The molecule has 2 heterocycles. The van der Waals surface area contributed by atoms with E-state index in [1.54, 1.807) is 18.0 Å². The summed E-state index contributed by atoms with van der Waals surface area (Å²) in [4.78, 5) is 9.61. The van der Waals surface area contributed by atoms with Crippen molar-refractivity contribution in [1.29, 1.82) is 0 Å². The highest BCUT2D eigenvalue weighted by molar-refractivity contribution is 7.98. The molecule has 3 rings (SSSR count). The van der Waals surface area contributed by atoms with Crippen molar-refractivity contribution >= 4 is 23.4 Å². The number of hydrogen-bond donors (Lipinski definition) is 0. The molecule has 3 aromatic rings. The molecule has 1 aromatic carbocycles. The quantitative estimate of drug-likeness (QED) is 0.680. The molecule has 0 spiro atoms. The van der Waals surface area contributed by atoms with Gasteiger partial charge in [-0.2, -0.15) is 4.98 Å². The highest BCUT2D eigenvalue weighted by Gasteiger charge is 2.09. The van der Waals surface area contributed by atoms with E-state index < -0.39 is 0 Å². The zero-order chi connectivity index (χ0) is 13.8. The van der Waals surface area contributed by atoms with E-state index in [1.807, 2.05) is 42.5 Å². The van der Waals surface area contributed by atoms with Crippen molar-refractivity contribution in [3.8, 4) is 11.5 Å². The highest BCUT2D eigenvalue weighted by Crippen LogP contribution is 2.24. The van der Waals surface area contributed by atoms with Crippen molar-refractivity contribution in [2.75, 3.05) is 0 Å². The lowest BCUT2D eigenvalue weighted by molar-refractivity contribution is 0.391. The summed E-state index contributed by atoms with van der Waals surface area (Å²) in [5.41, 5.74) is 0.707. The Morgan fingerprint density at radius 3 is 2.70 bits per heavy atom. The fraction of sp³-hybridized carbons (Fsp3) is 0.0714. The van der Waals surface area contributed by atoms with Gasteiger partial charge in [0.25, 0.3) is 0 Å². The van der Waals surface area contributed by atoms with Gasteiger partial charge in [-0.3, -0.25) is 4.98 Å². The zero-order valence-electron chi connectivity index (χ0n) is 10.4. The minimum Gasteiger partial charge on any atom is -0.338 e. The summed E-state index contributed by atoms with van der Waals surface area (Å²) in [6.45, 7) is 0. The van der Waals surface area contributed by atoms with Gasteiger partial charge in [-0.15, -0.1) is 11.8 Å². The Labute approximate surface area is 125 Å². The summed E-state index contributed by atoms with van der Waals surface area (Å²) in [6.07, 6.45) is 1.70. The molecular weight excluding hydrogens is 294 g/mol. The first kappa shape index (κ1) is 13.1. The minimum atomic E-state index is 0.511. The topological polar surface area (TPSA) is 51.8 Å². The van der Waals surface area contributed by atoms with Gasteiger partial charge in [0.05, 0.1) is 5.75 Å². The monoisotopic (exact) mass is 303 g/mol. The number of aromatic nitrogens is 3. The number of nitrogens with zero attached hydrogens (tertiary/aromatic N) is 3. The van der Waals surface area contributed by atoms with Gasteiger partial charge in [-0.05, 0) is 36.4 Å². The fourth-order valence-electron chi connectivity index (χ4n) is 1.59. The third kappa shape index (κ3) is 3.18. The average molecular weight is 304 g/mol. The second kappa shape index (κ2) is 6.07. The summed E-state index contributed by atoms with van der Waals surface area (Å²) in [5.74, 6) is 1.70. The van der Waals surface area contributed by atoms with Gasteiger partial charge in [-0.25, -0.2) is 0 Å². The van der Waals surface area contributed by atoms with Crippen molar-refractivity contribution in [1.82, 2.24) is 15.1 Å². The Morgan fingerprint density at radius 1 is 1.10 bits per heavy atom. The Hall–Kier alpha value is -1.85.